The Morgan fingerprint density at radius 1 is 1.05 bits per heavy atom. The van der Waals surface area contributed by atoms with E-state index in [2.05, 4.69) is 6.07 Å². The highest BCUT2D eigenvalue weighted by Gasteiger charge is 2.33. The first-order valence-corrected chi connectivity index (χ1v) is 7.18. The van der Waals surface area contributed by atoms with Gasteiger partial charge in [-0.25, -0.2) is 0 Å². The van der Waals surface area contributed by atoms with Gasteiger partial charge < -0.3 is 19.9 Å². The molecule has 112 valence electrons. The predicted octanol–water partition coefficient (Wildman–Crippen LogP) is 2.97. The van der Waals surface area contributed by atoms with E-state index in [1.165, 1.54) is 6.42 Å². The van der Waals surface area contributed by atoms with E-state index in [4.69, 9.17) is 19.9 Å². The van der Waals surface area contributed by atoms with Gasteiger partial charge in [0, 0.05) is 18.2 Å². The number of methoxy groups -OCH3 is 3. The lowest BCUT2D eigenvalue weighted by Crippen LogP contribution is -2.39. The van der Waals surface area contributed by atoms with Gasteiger partial charge in [0.25, 0.3) is 0 Å². The molecule has 0 spiro atoms. The van der Waals surface area contributed by atoms with Gasteiger partial charge in [0.2, 0.25) is 0 Å². The molecule has 0 aliphatic heterocycles. The quantitative estimate of drug-likeness (QED) is 0.900. The lowest BCUT2D eigenvalue weighted by Gasteiger charge is -2.35. The minimum atomic E-state index is -0.319. The Labute approximate surface area is 121 Å². The van der Waals surface area contributed by atoms with Crippen LogP contribution in [0, 0.1) is 0 Å². The summed E-state index contributed by atoms with van der Waals surface area (Å²) in [7, 11) is 5.01. The number of nitrogens with two attached hydrogens (primary N) is 1. The largest absolute Gasteiger partial charge is 0.493 e. The molecule has 0 unspecified atom stereocenters. The van der Waals surface area contributed by atoms with Gasteiger partial charge >= 0.3 is 0 Å². The van der Waals surface area contributed by atoms with Crippen LogP contribution in [0.3, 0.4) is 0 Å². The Bertz CT molecular complexity index is 453. The van der Waals surface area contributed by atoms with Crippen molar-refractivity contribution >= 4 is 0 Å². The summed E-state index contributed by atoms with van der Waals surface area (Å²) in [4.78, 5) is 0. The van der Waals surface area contributed by atoms with Crippen molar-refractivity contribution in [1.29, 1.82) is 0 Å². The molecule has 4 heteroatoms. The molecule has 0 bridgehead atoms. The van der Waals surface area contributed by atoms with Crippen LogP contribution in [0.25, 0.3) is 0 Å². The van der Waals surface area contributed by atoms with E-state index in [9.17, 15) is 0 Å². The second kappa shape index (κ2) is 6.46. The third kappa shape index (κ3) is 2.91. The number of hydrogen-bond donors (Lipinski definition) is 1. The zero-order valence-corrected chi connectivity index (χ0v) is 12.7. The van der Waals surface area contributed by atoms with E-state index in [0.29, 0.717) is 6.61 Å². The van der Waals surface area contributed by atoms with Gasteiger partial charge in [0.05, 0.1) is 20.8 Å². The number of ether oxygens (including phenoxy) is 3. The van der Waals surface area contributed by atoms with E-state index < -0.39 is 0 Å². The monoisotopic (exact) mass is 279 g/mol. The predicted molar refractivity (Wildman–Crippen MR) is 79.2 cm³/mol. The van der Waals surface area contributed by atoms with Gasteiger partial charge in [0.15, 0.2) is 11.5 Å². The van der Waals surface area contributed by atoms with Crippen LogP contribution >= 0.6 is 0 Å². The first-order valence-electron chi connectivity index (χ1n) is 7.18. The van der Waals surface area contributed by atoms with Gasteiger partial charge in [-0.1, -0.05) is 19.3 Å². The third-order valence-electron chi connectivity index (χ3n) is 4.13. The third-order valence-corrected chi connectivity index (χ3v) is 4.13. The maximum Gasteiger partial charge on any atom is 0.165 e. The van der Waals surface area contributed by atoms with E-state index in [1.807, 2.05) is 6.07 Å². The summed E-state index contributed by atoms with van der Waals surface area (Å²) in [6.07, 6.45) is 5.56. The van der Waals surface area contributed by atoms with Gasteiger partial charge in [-0.05, 0) is 30.5 Å². The van der Waals surface area contributed by atoms with E-state index in [0.717, 1.165) is 48.3 Å². The molecule has 20 heavy (non-hydrogen) atoms. The van der Waals surface area contributed by atoms with E-state index >= 15 is 0 Å². The first-order chi connectivity index (χ1) is 9.64. The second-order valence-corrected chi connectivity index (χ2v) is 5.53. The molecule has 0 aromatic heterocycles. The average Bonchev–Trinajstić information content (AvgIpc) is 2.47. The summed E-state index contributed by atoms with van der Waals surface area (Å²) in [6.45, 7) is 0.545. The normalized spacial score (nSPS) is 17.8. The topological polar surface area (TPSA) is 53.7 Å². The molecule has 1 aromatic carbocycles. The number of hydrogen-bond acceptors (Lipinski definition) is 4. The fraction of sp³-hybridized carbons (Fsp3) is 0.625. The molecule has 0 amide bonds. The van der Waals surface area contributed by atoms with Crippen LogP contribution in [-0.4, -0.2) is 21.3 Å². The van der Waals surface area contributed by atoms with Crippen LogP contribution in [0.2, 0.25) is 0 Å². The van der Waals surface area contributed by atoms with Gasteiger partial charge in [-0.15, -0.1) is 0 Å². The minimum absolute atomic E-state index is 0.319. The van der Waals surface area contributed by atoms with Crippen LogP contribution < -0.4 is 15.2 Å². The second-order valence-electron chi connectivity index (χ2n) is 5.53. The van der Waals surface area contributed by atoms with Gasteiger partial charge in [-0.2, -0.15) is 0 Å². The van der Waals surface area contributed by atoms with Crippen LogP contribution in [-0.2, 0) is 16.9 Å². The molecule has 1 aromatic rings. The SMILES string of the molecule is COCc1cc(OC)c(OC)c(C2(N)CCCCC2)c1. The summed E-state index contributed by atoms with van der Waals surface area (Å²) in [6, 6.07) is 4.06. The number of rotatable bonds is 5. The fourth-order valence-electron chi connectivity index (χ4n) is 3.09. The van der Waals surface area contributed by atoms with E-state index in [-0.39, 0.29) is 5.54 Å². The lowest BCUT2D eigenvalue weighted by molar-refractivity contribution is 0.184. The molecule has 1 fully saturated rings. The number of benzene rings is 1. The molecule has 0 atom stereocenters. The zero-order chi connectivity index (χ0) is 14.6. The van der Waals surface area contributed by atoms with Crippen molar-refractivity contribution < 1.29 is 14.2 Å². The molecular weight excluding hydrogens is 254 g/mol. The van der Waals surface area contributed by atoms with Crippen molar-refractivity contribution in [2.24, 2.45) is 5.73 Å². The smallest absolute Gasteiger partial charge is 0.165 e. The van der Waals surface area contributed by atoms with Crippen molar-refractivity contribution in [3.63, 3.8) is 0 Å². The first kappa shape index (κ1) is 15.1. The standard InChI is InChI=1S/C16H25NO3/c1-18-11-12-9-13(15(20-3)14(10-12)19-2)16(17)7-5-4-6-8-16/h9-10H,4-8,11,17H2,1-3H3. The van der Waals surface area contributed by atoms with E-state index in [1.54, 1.807) is 21.3 Å². The van der Waals surface area contributed by atoms with Crippen LogP contribution in [0.1, 0.15) is 43.2 Å². The summed E-state index contributed by atoms with van der Waals surface area (Å²) >= 11 is 0. The highest BCUT2D eigenvalue weighted by Crippen LogP contribution is 2.43. The summed E-state index contributed by atoms with van der Waals surface area (Å²) in [5.74, 6) is 1.49. The van der Waals surface area contributed by atoms with Crippen LogP contribution in [0.5, 0.6) is 11.5 Å². The maximum atomic E-state index is 6.67. The van der Waals surface area contributed by atoms with Crippen molar-refractivity contribution in [3.8, 4) is 11.5 Å². The molecule has 0 radical (unpaired) electrons. The Balaban J connectivity index is 2.50. The summed E-state index contributed by atoms with van der Waals surface area (Å²) in [5, 5.41) is 0. The summed E-state index contributed by atoms with van der Waals surface area (Å²) in [5.41, 5.74) is 8.46. The van der Waals surface area contributed by atoms with Crippen LogP contribution in [0.4, 0.5) is 0 Å². The van der Waals surface area contributed by atoms with Crippen LogP contribution in [0.15, 0.2) is 12.1 Å². The molecule has 0 saturated heterocycles. The lowest BCUT2D eigenvalue weighted by atomic mass is 9.76. The molecule has 1 saturated carbocycles. The van der Waals surface area contributed by atoms with Crippen molar-refractivity contribution in [1.82, 2.24) is 0 Å². The van der Waals surface area contributed by atoms with Crippen molar-refractivity contribution in [2.75, 3.05) is 21.3 Å². The maximum absolute atomic E-state index is 6.67. The Hall–Kier alpha value is -1.26. The molecule has 2 N–H and O–H groups in total. The Morgan fingerprint density at radius 3 is 2.30 bits per heavy atom. The minimum Gasteiger partial charge on any atom is -0.493 e. The van der Waals surface area contributed by atoms with Gasteiger partial charge in [-0.3, -0.25) is 0 Å². The zero-order valence-electron chi connectivity index (χ0n) is 12.7. The Morgan fingerprint density at radius 2 is 1.75 bits per heavy atom. The highest BCUT2D eigenvalue weighted by atomic mass is 16.5. The molecule has 0 heterocycles. The Kier molecular flexibility index (Phi) is 4.89. The molecule has 1 aliphatic rings. The summed E-state index contributed by atoms with van der Waals surface area (Å²) < 4.78 is 16.3. The fourth-order valence-corrected chi connectivity index (χ4v) is 3.09. The molecular formula is C16H25NO3. The molecule has 1 aliphatic carbocycles. The average molecular weight is 279 g/mol. The molecule has 4 nitrogen and oxygen atoms in total. The molecule has 2 rings (SSSR count). The van der Waals surface area contributed by atoms with Crippen molar-refractivity contribution in [2.45, 2.75) is 44.2 Å². The van der Waals surface area contributed by atoms with Gasteiger partial charge in [0.1, 0.15) is 0 Å². The van der Waals surface area contributed by atoms with Crippen molar-refractivity contribution in [3.05, 3.63) is 23.3 Å². The highest BCUT2D eigenvalue weighted by molar-refractivity contribution is 5.52.